The zero-order valence-corrected chi connectivity index (χ0v) is 13.6. The molecule has 6 heteroatoms. The van der Waals surface area contributed by atoms with E-state index in [2.05, 4.69) is 29.4 Å². The molecule has 0 aliphatic rings. The van der Waals surface area contributed by atoms with Gasteiger partial charge in [0.25, 0.3) is 0 Å². The number of thioether (sulfide) groups is 1. The number of hydrogen-bond donors (Lipinski definition) is 1. The van der Waals surface area contributed by atoms with Gasteiger partial charge in [0.1, 0.15) is 10.7 Å². The molecule has 0 saturated carbocycles. The highest BCUT2D eigenvalue weighted by Gasteiger charge is 2.14. The van der Waals surface area contributed by atoms with Crippen molar-refractivity contribution < 1.29 is 8.42 Å². The minimum Gasteiger partial charge on any atom is -0.368 e. The van der Waals surface area contributed by atoms with Crippen LogP contribution in [0.4, 0.5) is 5.82 Å². The summed E-state index contributed by atoms with van der Waals surface area (Å²) in [4.78, 5) is 5.55. The number of pyridine rings is 1. The molecule has 0 aliphatic carbocycles. The second kappa shape index (κ2) is 6.95. The van der Waals surface area contributed by atoms with E-state index in [1.54, 1.807) is 30.1 Å². The Bertz CT molecular complexity index is 688. The summed E-state index contributed by atoms with van der Waals surface area (Å²) in [6.45, 7) is 2.73. The van der Waals surface area contributed by atoms with Crippen molar-refractivity contribution >= 4 is 27.4 Å². The van der Waals surface area contributed by atoms with E-state index in [-0.39, 0.29) is 4.90 Å². The van der Waals surface area contributed by atoms with E-state index in [1.807, 2.05) is 18.2 Å². The summed E-state index contributed by atoms with van der Waals surface area (Å²) in [7, 11) is -3.27. The molecule has 0 amide bonds. The molecule has 2 rings (SSSR count). The maximum atomic E-state index is 11.7. The van der Waals surface area contributed by atoms with Crippen molar-refractivity contribution in [2.45, 2.75) is 22.0 Å². The van der Waals surface area contributed by atoms with Crippen LogP contribution >= 0.6 is 11.8 Å². The van der Waals surface area contributed by atoms with Gasteiger partial charge in [0.2, 0.25) is 0 Å². The highest BCUT2D eigenvalue weighted by Crippen LogP contribution is 2.24. The highest BCUT2D eigenvalue weighted by atomic mass is 32.2. The molecule has 1 unspecified atom stereocenters. The zero-order chi connectivity index (χ0) is 15.3. The van der Waals surface area contributed by atoms with Crippen LogP contribution in [-0.2, 0) is 9.84 Å². The molecule has 1 aromatic carbocycles. The van der Waals surface area contributed by atoms with Gasteiger partial charge in [-0.3, -0.25) is 0 Å². The molecule has 21 heavy (non-hydrogen) atoms. The van der Waals surface area contributed by atoms with Crippen LogP contribution < -0.4 is 5.32 Å². The molecular formula is C15H18N2O2S2. The normalized spacial score (nSPS) is 12.9. The van der Waals surface area contributed by atoms with Gasteiger partial charge in [-0.1, -0.05) is 25.1 Å². The molecule has 0 saturated heterocycles. The van der Waals surface area contributed by atoms with E-state index in [0.29, 0.717) is 17.6 Å². The number of rotatable bonds is 6. The second-order valence-electron chi connectivity index (χ2n) is 4.74. The van der Waals surface area contributed by atoms with Gasteiger partial charge in [-0.25, -0.2) is 13.4 Å². The van der Waals surface area contributed by atoms with Crippen LogP contribution in [-0.4, -0.2) is 31.5 Å². The third kappa shape index (κ3) is 4.75. The monoisotopic (exact) mass is 322 g/mol. The van der Waals surface area contributed by atoms with Gasteiger partial charge in [0.15, 0.2) is 9.84 Å². The predicted molar refractivity (Wildman–Crippen MR) is 87.6 cm³/mol. The summed E-state index contributed by atoms with van der Waals surface area (Å²) >= 11 is 1.74. The van der Waals surface area contributed by atoms with E-state index < -0.39 is 9.84 Å². The third-order valence-electron chi connectivity index (χ3n) is 2.81. The smallest absolute Gasteiger partial charge is 0.179 e. The fraction of sp³-hybridized carbons (Fsp3) is 0.267. The Hall–Kier alpha value is -1.53. The van der Waals surface area contributed by atoms with Crippen LogP contribution in [0.2, 0.25) is 0 Å². The minimum atomic E-state index is -3.27. The van der Waals surface area contributed by atoms with Crippen molar-refractivity contribution in [3.63, 3.8) is 0 Å². The van der Waals surface area contributed by atoms with Crippen LogP contribution in [0.3, 0.4) is 0 Å². The van der Waals surface area contributed by atoms with Crippen molar-refractivity contribution in [2.75, 3.05) is 18.1 Å². The van der Waals surface area contributed by atoms with Crippen molar-refractivity contribution in [3.05, 3.63) is 48.7 Å². The number of aromatic nitrogens is 1. The first-order chi connectivity index (χ1) is 9.97. The molecule has 4 nitrogen and oxygen atoms in total. The Morgan fingerprint density at radius 1 is 1.19 bits per heavy atom. The molecular weight excluding hydrogens is 304 g/mol. The molecule has 0 fully saturated rings. The summed E-state index contributed by atoms with van der Waals surface area (Å²) in [6.07, 6.45) is 2.78. The minimum absolute atomic E-state index is 0.238. The molecule has 2 aromatic rings. The van der Waals surface area contributed by atoms with Crippen LogP contribution in [0.25, 0.3) is 0 Å². The number of nitrogens with one attached hydrogen (secondary N) is 1. The average Bonchev–Trinajstić information content (AvgIpc) is 2.45. The average molecular weight is 322 g/mol. The predicted octanol–water partition coefficient (Wildman–Crippen LogP) is 3.08. The topological polar surface area (TPSA) is 59.1 Å². The fourth-order valence-electron chi connectivity index (χ4n) is 1.84. The molecule has 1 aromatic heterocycles. The third-order valence-corrected chi connectivity index (χ3v) is 5.05. The molecule has 1 heterocycles. The van der Waals surface area contributed by atoms with Crippen LogP contribution in [0.15, 0.2) is 58.5 Å². The number of hydrogen-bond acceptors (Lipinski definition) is 5. The first-order valence-electron chi connectivity index (χ1n) is 6.57. The van der Waals surface area contributed by atoms with Crippen LogP contribution in [0.5, 0.6) is 0 Å². The van der Waals surface area contributed by atoms with E-state index >= 15 is 0 Å². The maximum absolute atomic E-state index is 11.7. The van der Waals surface area contributed by atoms with Gasteiger partial charge >= 0.3 is 0 Å². The van der Waals surface area contributed by atoms with Crippen molar-refractivity contribution in [1.29, 1.82) is 0 Å². The highest BCUT2D eigenvalue weighted by molar-refractivity contribution is 8.00. The molecule has 0 radical (unpaired) electrons. The Labute approximate surface area is 129 Å². The first kappa shape index (κ1) is 15.9. The number of anilines is 1. The van der Waals surface area contributed by atoms with Crippen molar-refractivity contribution in [1.82, 2.24) is 4.98 Å². The van der Waals surface area contributed by atoms with Gasteiger partial charge in [-0.2, -0.15) is 0 Å². The summed E-state index contributed by atoms with van der Waals surface area (Å²) in [5, 5.41) is 3.42. The van der Waals surface area contributed by atoms with E-state index in [0.717, 1.165) is 0 Å². The number of benzene rings is 1. The number of nitrogens with zero attached hydrogens (tertiary/aromatic N) is 1. The van der Waals surface area contributed by atoms with Gasteiger partial charge in [0, 0.05) is 29.1 Å². The quantitative estimate of drug-likeness (QED) is 0.828. The lowest BCUT2D eigenvalue weighted by atomic mass is 10.4. The zero-order valence-electron chi connectivity index (χ0n) is 12.0. The van der Waals surface area contributed by atoms with Crippen molar-refractivity contribution in [3.8, 4) is 0 Å². The van der Waals surface area contributed by atoms with Gasteiger partial charge in [0.05, 0.1) is 0 Å². The Morgan fingerprint density at radius 2 is 1.90 bits per heavy atom. The van der Waals surface area contributed by atoms with E-state index in [4.69, 9.17) is 0 Å². The SMILES string of the molecule is CC(CNc1ncccc1S(C)(=O)=O)Sc1ccccc1. The molecule has 0 aliphatic heterocycles. The molecule has 112 valence electrons. The summed E-state index contributed by atoms with van der Waals surface area (Å²) < 4.78 is 23.4. The van der Waals surface area contributed by atoms with Crippen LogP contribution in [0.1, 0.15) is 6.92 Å². The summed E-state index contributed by atoms with van der Waals surface area (Å²) in [5.41, 5.74) is 0. The second-order valence-corrected chi connectivity index (χ2v) is 8.24. The molecule has 0 spiro atoms. The summed E-state index contributed by atoms with van der Waals surface area (Å²) in [6, 6.07) is 13.3. The first-order valence-corrected chi connectivity index (χ1v) is 9.34. The Morgan fingerprint density at radius 3 is 2.57 bits per heavy atom. The maximum Gasteiger partial charge on any atom is 0.179 e. The lowest BCUT2D eigenvalue weighted by Crippen LogP contribution is -2.16. The molecule has 0 bridgehead atoms. The largest absolute Gasteiger partial charge is 0.368 e. The van der Waals surface area contributed by atoms with Crippen molar-refractivity contribution in [2.24, 2.45) is 0 Å². The lowest BCUT2D eigenvalue weighted by molar-refractivity contribution is 0.601. The van der Waals surface area contributed by atoms with E-state index in [1.165, 1.54) is 11.2 Å². The standard InChI is InChI=1S/C15H18N2O2S2/c1-12(20-13-7-4-3-5-8-13)11-17-15-14(21(2,18)19)9-6-10-16-15/h3-10,12H,11H2,1-2H3,(H,16,17). The van der Waals surface area contributed by atoms with Gasteiger partial charge < -0.3 is 5.32 Å². The van der Waals surface area contributed by atoms with E-state index in [9.17, 15) is 8.42 Å². The van der Waals surface area contributed by atoms with Gasteiger partial charge in [-0.15, -0.1) is 11.8 Å². The lowest BCUT2D eigenvalue weighted by Gasteiger charge is -2.14. The van der Waals surface area contributed by atoms with Gasteiger partial charge in [-0.05, 0) is 24.3 Å². The summed E-state index contributed by atoms with van der Waals surface area (Å²) in [5.74, 6) is 0.417. The van der Waals surface area contributed by atoms with Crippen LogP contribution in [0, 0.1) is 0 Å². The molecule has 1 N–H and O–H groups in total. The Balaban J connectivity index is 2.00. The number of sulfone groups is 1. The fourth-order valence-corrected chi connectivity index (χ4v) is 3.58. The Kier molecular flexibility index (Phi) is 5.25. The molecule has 1 atom stereocenters.